The number of hydrogen-bond acceptors (Lipinski definition) is 4. The fourth-order valence-electron chi connectivity index (χ4n) is 1.74. The van der Waals surface area contributed by atoms with E-state index >= 15 is 0 Å². The normalized spacial score (nSPS) is 10.2. The molecule has 1 aromatic heterocycles. The summed E-state index contributed by atoms with van der Waals surface area (Å²) in [6, 6.07) is 6.59. The zero-order chi connectivity index (χ0) is 13.8. The molecule has 1 heterocycles. The van der Waals surface area contributed by atoms with Crippen LogP contribution in [0.15, 0.2) is 30.5 Å². The van der Waals surface area contributed by atoms with E-state index in [0.717, 1.165) is 5.69 Å². The van der Waals surface area contributed by atoms with E-state index in [1.165, 1.54) is 6.07 Å². The Labute approximate surface area is 110 Å². The fourth-order valence-corrected chi connectivity index (χ4v) is 1.74. The van der Waals surface area contributed by atoms with Gasteiger partial charge in [0.05, 0.1) is 30.6 Å². The Morgan fingerprint density at radius 2 is 2.26 bits per heavy atom. The van der Waals surface area contributed by atoms with Crippen LogP contribution in [0.1, 0.15) is 16.1 Å². The van der Waals surface area contributed by atoms with Gasteiger partial charge in [0.1, 0.15) is 5.75 Å². The number of aromatic carboxylic acids is 1. The number of rotatable bonds is 5. The van der Waals surface area contributed by atoms with Crippen molar-refractivity contribution in [1.82, 2.24) is 9.78 Å². The second-order valence-electron chi connectivity index (χ2n) is 4.02. The molecular weight excluding hydrogens is 246 g/mol. The number of nitrogens with zero attached hydrogens (tertiary/aromatic N) is 2. The van der Waals surface area contributed by atoms with Crippen LogP contribution in [-0.4, -0.2) is 28.0 Å². The summed E-state index contributed by atoms with van der Waals surface area (Å²) in [5.74, 6) is -0.363. The number of carboxylic acids is 1. The summed E-state index contributed by atoms with van der Waals surface area (Å²) in [6.07, 6.45) is 1.71. The molecule has 0 bridgehead atoms. The van der Waals surface area contributed by atoms with Crippen LogP contribution >= 0.6 is 0 Å². The van der Waals surface area contributed by atoms with Crippen LogP contribution in [-0.2, 0) is 13.6 Å². The fraction of sp³-hybridized carbons (Fsp3) is 0.231. The Morgan fingerprint density at radius 3 is 2.84 bits per heavy atom. The van der Waals surface area contributed by atoms with Crippen molar-refractivity contribution in [3.63, 3.8) is 0 Å². The zero-order valence-electron chi connectivity index (χ0n) is 10.8. The largest absolute Gasteiger partial charge is 0.495 e. The number of aromatic nitrogens is 2. The van der Waals surface area contributed by atoms with Gasteiger partial charge in [-0.25, -0.2) is 4.79 Å². The molecule has 0 radical (unpaired) electrons. The lowest BCUT2D eigenvalue weighted by atomic mass is 10.2. The number of aryl methyl sites for hydroxylation is 1. The van der Waals surface area contributed by atoms with Gasteiger partial charge in [0.15, 0.2) is 0 Å². The highest BCUT2D eigenvalue weighted by Gasteiger charge is 2.09. The third-order valence-corrected chi connectivity index (χ3v) is 2.83. The number of methoxy groups -OCH3 is 1. The number of ether oxygens (including phenoxy) is 1. The summed E-state index contributed by atoms with van der Waals surface area (Å²) in [5, 5.41) is 16.2. The summed E-state index contributed by atoms with van der Waals surface area (Å²) < 4.78 is 6.95. The first-order chi connectivity index (χ1) is 9.11. The van der Waals surface area contributed by atoms with Crippen molar-refractivity contribution < 1.29 is 14.6 Å². The van der Waals surface area contributed by atoms with Crippen molar-refractivity contribution >= 4 is 11.7 Å². The number of benzene rings is 1. The predicted molar refractivity (Wildman–Crippen MR) is 70.5 cm³/mol. The lowest BCUT2D eigenvalue weighted by Crippen LogP contribution is -2.07. The molecule has 0 aliphatic heterocycles. The second-order valence-corrected chi connectivity index (χ2v) is 4.02. The monoisotopic (exact) mass is 261 g/mol. The number of nitrogens with one attached hydrogen (secondary N) is 1. The summed E-state index contributed by atoms with van der Waals surface area (Å²) in [7, 11) is 3.40. The Kier molecular flexibility index (Phi) is 3.70. The number of hydrogen-bond donors (Lipinski definition) is 2. The average molecular weight is 261 g/mol. The molecule has 2 aromatic rings. The zero-order valence-corrected chi connectivity index (χ0v) is 10.8. The van der Waals surface area contributed by atoms with E-state index < -0.39 is 5.97 Å². The van der Waals surface area contributed by atoms with Gasteiger partial charge in [0.25, 0.3) is 0 Å². The molecule has 0 amide bonds. The van der Waals surface area contributed by atoms with Crippen molar-refractivity contribution in [2.24, 2.45) is 7.05 Å². The first-order valence-electron chi connectivity index (χ1n) is 5.74. The number of carboxylic acid groups (broad SMARTS) is 1. The Morgan fingerprint density at radius 1 is 1.47 bits per heavy atom. The summed E-state index contributed by atoms with van der Waals surface area (Å²) in [6.45, 7) is 0.538. The van der Waals surface area contributed by atoms with Crippen molar-refractivity contribution in [2.45, 2.75) is 6.54 Å². The topological polar surface area (TPSA) is 76.4 Å². The van der Waals surface area contributed by atoms with Crippen LogP contribution in [0.2, 0.25) is 0 Å². The molecule has 0 spiro atoms. The van der Waals surface area contributed by atoms with E-state index in [0.29, 0.717) is 18.0 Å². The lowest BCUT2D eigenvalue weighted by molar-refractivity contribution is 0.0697. The van der Waals surface area contributed by atoms with Crippen molar-refractivity contribution in [3.8, 4) is 5.75 Å². The molecular formula is C13H15N3O3. The SMILES string of the molecule is COc1ccc(C(=O)O)cc1NCc1ccnn1C. The molecule has 0 saturated heterocycles. The summed E-state index contributed by atoms with van der Waals surface area (Å²) >= 11 is 0. The van der Waals surface area contributed by atoms with Gasteiger partial charge in [0, 0.05) is 13.2 Å². The van der Waals surface area contributed by atoms with Crippen molar-refractivity contribution in [2.75, 3.05) is 12.4 Å². The smallest absolute Gasteiger partial charge is 0.335 e. The molecule has 0 fully saturated rings. The number of carbonyl (C=O) groups is 1. The highest BCUT2D eigenvalue weighted by molar-refractivity contribution is 5.89. The first kappa shape index (κ1) is 12.9. The van der Waals surface area contributed by atoms with E-state index in [-0.39, 0.29) is 5.56 Å². The molecule has 0 unspecified atom stereocenters. The van der Waals surface area contributed by atoms with E-state index in [9.17, 15) is 4.79 Å². The highest BCUT2D eigenvalue weighted by atomic mass is 16.5. The summed E-state index contributed by atoms with van der Waals surface area (Å²) in [4.78, 5) is 11.0. The minimum absolute atomic E-state index is 0.216. The van der Waals surface area contributed by atoms with Crippen molar-refractivity contribution in [3.05, 3.63) is 41.7 Å². The first-order valence-corrected chi connectivity index (χ1v) is 5.74. The van der Waals surface area contributed by atoms with Crippen LogP contribution in [0.4, 0.5) is 5.69 Å². The maximum Gasteiger partial charge on any atom is 0.335 e. The molecule has 19 heavy (non-hydrogen) atoms. The van der Waals surface area contributed by atoms with Gasteiger partial charge in [-0.05, 0) is 24.3 Å². The molecule has 6 nitrogen and oxygen atoms in total. The van der Waals surface area contributed by atoms with E-state index in [2.05, 4.69) is 10.4 Å². The van der Waals surface area contributed by atoms with Crippen LogP contribution in [0.25, 0.3) is 0 Å². The van der Waals surface area contributed by atoms with Crippen LogP contribution < -0.4 is 10.1 Å². The third kappa shape index (κ3) is 2.85. The molecule has 0 aliphatic rings. The van der Waals surface area contributed by atoms with Gasteiger partial charge in [-0.3, -0.25) is 4.68 Å². The predicted octanol–water partition coefficient (Wildman–Crippen LogP) is 1.74. The van der Waals surface area contributed by atoms with Gasteiger partial charge < -0.3 is 15.2 Å². The average Bonchev–Trinajstić information content (AvgIpc) is 2.81. The third-order valence-electron chi connectivity index (χ3n) is 2.83. The highest BCUT2D eigenvalue weighted by Crippen LogP contribution is 2.26. The molecule has 6 heteroatoms. The van der Waals surface area contributed by atoms with Gasteiger partial charge in [-0.15, -0.1) is 0 Å². The standard InChI is InChI=1S/C13H15N3O3/c1-16-10(5-6-15-16)8-14-11-7-9(13(17)18)3-4-12(11)19-2/h3-7,14H,8H2,1-2H3,(H,17,18). The Bertz CT molecular complexity index is 593. The molecule has 100 valence electrons. The van der Waals surface area contributed by atoms with E-state index in [1.54, 1.807) is 30.1 Å². The lowest BCUT2D eigenvalue weighted by Gasteiger charge is -2.12. The molecule has 2 N–H and O–H groups in total. The minimum Gasteiger partial charge on any atom is -0.495 e. The van der Waals surface area contributed by atoms with Crippen LogP contribution in [0.3, 0.4) is 0 Å². The molecule has 1 aromatic carbocycles. The van der Waals surface area contributed by atoms with E-state index in [1.807, 2.05) is 13.1 Å². The van der Waals surface area contributed by atoms with Gasteiger partial charge in [-0.1, -0.05) is 0 Å². The van der Waals surface area contributed by atoms with Gasteiger partial charge in [0.2, 0.25) is 0 Å². The second kappa shape index (κ2) is 5.43. The quantitative estimate of drug-likeness (QED) is 0.857. The molecule has 2 rings (SSSR count). The van der Waals surface area contributed by atoms with E-state index in [4.69, 9.17) is 9.84 Å². The summed E-state index contributed by atoms with van der Waals surface area (Å²) in [5.41, 5.74) is 1.85. The van der Waals surface area contributed by atoms with Gasteiger partial charge >= 0.3 is 5.97 Å². The van der Waals surface area contributed by atoms with Gasteiger partial charge in [-0.2, -0.15) is 5.10 Å². The van der Waals surface area contributed by atoms with Crippen molar-refractivity contribution in [1.29, 1.82) is 0 Å². The maximum atomic E-state index is 11.0. The van der Waals surface area contributed by atoms with Crippen LogP contribution in [0.5, 0.6) is 5.75 Å². The molecule has 0 aliphatic carbocycles. The number of anilines is 1. The van der Waals surface area contributed by atoms with Crippen LogP contribution in [0, 0.1) is 0 Å². The minimum atomic E-state index is -0.966. The Hall–Kier alpha value is -2.50. The maximum absolute atomic E-state index is 11.0. The molecule has 0 atom stereocenters. The Balaban J connectivity index is 2.20. The molecule has 0 saturated carbocycles.